The summed E-state index contributed by atoms with van der Waals surface area (Å²) in [5, 5.41) is 0. The maximum Gasteiger partial charge on any atom is 0.341 e. The lowest BCUT2D eigenvalue weighted by molar-refractivity contribution is 0.0527. The first-order valence-corrected chi connectivity index (χ1v) is 8.55. The molecule has 0 radical (unpaired) electrons. The minimum atomic E-state index is -3.84. The molecule has 0 spiro atoms. The maximum absolute atomic E-state index is 12.5. The van der Waals surface area contributed by atoms with Gasteiger partial charge in [-0.3, -0.25) is 4.72 Å². The van der Waals surface area contributed by atoms with Crippen molar-refractivity contribution in [2.75, 3.05) is 11.3 Å². The Hall–Kier alpha value is -2.41. The van der Waals surface area contributed by atoms with Crippen molar-refractivity contribution in [2.45, 2.75) is 25.7 Å². The van der Waals surface area contributed by atoms with E-state index in [1.165, 1.54) is 18.3 Å². The van der Waals surface area contributed by atoms with E-state index in [1.54, 1.807) is 25.1 Å². The van der Waals surface area contributed by atoms with Crippen LogP contribution in [0.1, 0.15) is 28.4 Å². The Balaban J connectivity index is 2.38. The van der Waals surface area contributed by atoms with Crippen LogP contribution in [0, 0.1) is 13.8 Å². The van der Waals surface area contributed by atoms with E-state index in [0.717, 1.165) is 11.1 Å². The van der Waals surface area contributed by atoms with E-state index >= 15 is 0 Å². The highest BCUT2D eigenvalue weighted by Crippen LogP contribution is 2.20. The van der Waals surface area contributed by atoms with E-state index in [9.17, 15) is 13.2 Å². The van der Waals surface area contributed by atoms with Crippen LogP contribution in [-0.4, -0.2) is 26.0 Å². The van der Waals surface area contributed by atoms with Gasteiger partial charge in [0.25, 0.3) is 10.0 Å². The second-order valence-corrected chi connectivity index (χ2v) is 6.65. The minimum absolute atomic E-state index is 0.0517. The van der Waals surface area contributed by atoms with Crippen molar-refractivity contribution in [3.63, 3.8) is 0 Å². The summed E-state index contributed by atoms with van der Waals surface area (Å²) in [6.07, 6.45) is 1.40. The fourth-order valence-electron chi connectivity index (χ4n) is 1.93. The Labute approximate surface area is 135 Å². The monoisotopic (exact) mass is 334 g/mol. The van der Waals surface area contributed by atoms with E-state index in [4.69, 9.17) is 4.74 Å². The SMILES string of the molecule is CCOC(=O)c1cccnc1NS(=O)(=O)c1ccc(C)c(C)c1. The standard InChI is InChI=1S/C16H18N2O4S/c1-4-22-16(19)14-6-5-9-17-15(14)18-23(20,21)13-8-7-11(2)12(3)10-13/h5-10H,4H2,1-3H3,(H,17,18). The lowest BCUT2D eigenvalue weighted by Crippen LogP contribution is -2.17. The molecule has 0 atom stereocenters. The molecule has 2 aromatic rings. The van der Waals surface area contributed by atoms with Crippen LogP contribution in [0.25, 0.3) is 0 Å². The lowest BCUT2D eigenvalue weighted by atomic mass is 10.1. The van der Waals surface area contributed by atoms with Crippen LogP contribution in [0.4, 0.5) is 5.82 Å². The third kappa shape index (κ3) is 3.87. The highest BCUT2D eigenvalue weighted by molar-refractivity contribution is 7.92. The van der Waals surface area contributed by atoms with Gasteiger partial charge in [0.1, 0.15) is 5.56 Å². The third-order valence-corrected chi connectivity index (χ3v) is 4.66. The molecule has 7 heteroatoms. The number of esters is 1. The average Bonchev–Trinajstić information content (AvgIpc) is 2.50. The fourth-order valence-corrected chi connectivity index (χ4v) is 3.04. The second kappa shape index (κ2) is 6.78. The number of aromatic nitrogens is 1. The zero-order chi connectivity index (χ0) is 17.0. The number of carbonyl (C=O) groups excluding carboxylic acids is 1. The molecular weight excluding hydrogens is 316 g/mol. The van der Waals surface area contributed by atoms with Crippen molar-refractivity contribution >= 4 is 21.8 Å². The molecule has 0 amide bonds. The van der Waals surface area contributed by atoms with Crippen molar-refractivity contribution in [1.29, 1.82) is 0 Å². The van der Waals surface area contributed by atoms with Crippen LogP contribution in [0.5, 0.6) is 0 Å². The van der Waals surface area contributed by atoms with Crippen molar-refractivity contribution in [2.24, 2.45) is 0 Å². The number of aryl methyl sites for hydroxylation is 2. The van der Waals surface area contributed by atoms with Gasteiger partial charge in [-0.25, -0.2) is 18.2 Å². The predicted octanol–water partition coefficient (Wildman–Crippen LogP) is 2.68. The molecule has 122 valence electrons. The number of pyridine rings is 1. The number of hydrogen-bond donors (Lipinski definition) is 1. The highest BCUT2D eigenvalue weighted by Gasteiger charge is 2.20. The predicted molar refractivity (Wildman–Crippen MR) is 86.9 cm³/mol. The van der Waals surface area contributed by atoms with Gasteiger partial charge in [0.2, 0.25) is 0 Å². The Bertz CT molecular complexity index is 832. The van der Waals surface area contributed by atoms with Crippen molar-refractivity contribution in [1.82, 2.24) is 4.98 Å². The summed E-state index contributed by atoms with van der Waals surface area (Å²) in [7, 11) is -3.84. The van der Waals surface area contributed by atoms with Gasteiger partial charge >= 0.3 is 5.97 Å². The van der Waals surface area contributed by atoms with Crippen molar-refractivity contribution < 1.29 is 17.9 Å². The van der Waals surface area contributed by atoms with E-state index in [-0.39, 0.29) is 22.9 Å². The topological polar surface area (TPSA) is 85.4 Å². The number of anilines is 1. The van der Waals surface area contributed by atoms with Crippen LogP contribution >= 0.6 is 0 Å². The van der Waals surface area contributed by atoms with Gasteiger partial charge in [0.15, 0.2) is 5.82 Å². The number of benzene rings is 1. The van der Waals surface area contributed by atoms with Gasteiger partial charge < -0.3 is 4.74 Å². The molecule has 23 heavy (non-hydrogen) atoms. The van der Waals surface area contributed by atoms with Gasteiger partial charge in [-0.05, 0) is 56.2 Å². The second-order valence-electron chi connectivity index (χ2n) is 4.97. The van der Waals surface area contributed by atoms with E-state index in [0.29, 0.717) is 0 Å². The molecule has 0 saturated heterocycles. The molecular formula is C16H18N2O4S. The highest BCUT2D eigenvalue weighted by atomic mass is 32.2. The van der Waals surface area contributed by atoms with Crippen molar-refractivity contribution in [3.05, 3.63) is 53.2 Å². The summed E-state index contributed by atoms with van der Waals surface area (Å²) in [5.41, 5.74) is 1.93. The smallest absolute Gasteiger partial charge is 0.341 e. The summed E-state index contributed by atoms with van der Waals surface area (Å²) in [6.45, 7) is 5.60. The summed E-state index contributed by atoms with van der Waals surface area (Å²) in [4.78, 5) is 15.9. The number of rotatable bonds is 5. The summed E-state index contributed by atoms with van der Waals surface area (Å²) < 4.78 is 32.2. The van der Waals surface area contributed by atoms with Gasteiger partial charge in [-0.1, -0.05) is 6.07 Å². The molecule has 2 rings (SSSR count). The molecule has 0 aliphatic heterocycles. The van der Waals surface area contributed by atoms with Crippen LogP contribution < -0.4 is 4.72 Å². The van der Waals surface area contributed by atoms with E-state index in [2.05, 4.69) is 9.71 Å². The molecule has 0 saturated carbocycles. The molecule has 6 nitrogen and oxygen atoms in total. The molecule has 0 unspecified atom stereocenters. The zero-order valence-corrected chi connectivity index (χ0v) is 14.0. The Morgan fingerprint density at radius 2 is 1.96 bits per heavy atom. The van der Waals surface area contributed by atoms with Crippen molar-refractivity contribution in [3.8, 4) is 0 Å². The van der Waals surface area contributed by atoms with Crippen LogP contribution in [-0.2, 0) is 14.8 Å². The quantitative estimate of drug-likeness (QED) is 0.850. The fraction of sp³-hybridized carbons (Fsp3) is 0.250. The van der Waals surface area contributed by atoms with Crippen LogP contribution in [0.15, 0.2) is 41.4 Å². The first kappa shape index (κ1) is 17.0. The normalized spacial score (nSPS) is 11.1. The number of nitrogens with zero attached hydrogens (tertiary/aromatic N) is 1. The zero-order valence-electron chi connectivity index (χ0n) is 13.2. The Kier molecular flexibility index (Phi) is 5.00. The molecule has 0 bridgehead atoms. The first-order valence-electron chi connectivity index (χ1n) is 7.07. The average molecular weight is 334 g/mol. The molecule has 1 heterocycles. The van der Waals surface area contributed by atoms with Gasteiger partial charge in [-0.2, -0.15) is 0 Å². The third-order valence-electron chi connectivity index (χ3n) is 3.32. The number of hydrogen-bond acceptors (Lipinski definition) is 5. The number of nitrogens with one attached hydrogen (secondary N) is 1. The Morgan fingerprint density at radius 3 is 2.61 bits per heavy atom. The van der Waals surface area contributed by atoms with E-state index in [1.807, 2.05) is 13.8 Å². The van der Waals surface area contributed by atoms with Gasteiger partial charge in [-0.15, -0.1) is 0 Å². The molecule has 0 aliphatic rings. The van der Waals surface area contributed by atoms with Gasteiger partial charge in [0, 0.05) is 6.20 Å². The molecule has 0 fully saturated rings. The molecule has 1 aromatic carbocycles. The first-order chi connectivity index (χ1) is 10.8. The number of carbonyl (C=O) groups is 1. The van der Waals surface area contributed by atoms with Crippen LogP contribution in [0.2, 0.25) is 0 Å². The van der Waals surface area contributed by atoms with E-state index < -0.39 is 16.0 Å². The molecule has 1 aromatic heterocycles. The number of ether oxygens (including phenoxy) is 1. The van der Waals surface area contributed by atoms with Crippen LogP contribution in [0.3, 0.4) is 0 Å². The molecule has 0 aliphatic carbocycles. The summed E-state index contributed by atoms with van der Waals surface area (Å²) >= 11 is 0. The van der Waals surface area contributed by atoms with Gasteiger partial charge in [0.05, 0.1) is 11.5 Å². The largest absolute Gasteiger partial charge is 0.462 e. The molecule has 1 N–H and O–H groups in total. The Morgan fingerprint density at radius 1 is 1.22 bits per heavy atom. The number of sulfonamides is 1. The summed E-state index contributed by atoms with van der Waals surface area (Å²) in [5.74, 6) is -0.678. The summed E-state index contributed by atoms with van der Waals surface area (Å²) in [6, 6.07) is 7.82. The minimum Gasteiger partial charge on any atom is -0.462 e. The maximum atomic E-state index is 12.5. The lowest BCUT2D eigenvalue weighted by Gasteiger charge is -2.11.